The fourth-order valence-corrected chi connectivity index (χ4v) is 2.11. The molecule has 1 aromatic heterocycles. The normalized spacial score (nSPS) is 10.4. The number of likely N-dealkylation sites (N-methyl/N-ethyl adjacent to an activating group) is 1. The molecule has 0 radical (unpaired) electrons. The van der Waals surface area contributed by atoms with Crippen molar-refractivity contribution >= 4 is 11.7 Å². The number of aromatic nitrogens is 2. The lowest BCUT2D eigenvalue weighted by atomic mass is 10.2. The van der Waals surface area contributed by atoms with Gasteiger partial charge in [-0.25, -0.2) is 4.79 Å². The molecule has 0 atom stereocenters. The fourth-order valence-electron chi connectivity index (χ4n) is 2.11. The van der Waals surface area contributed by atoms with Crippen LogP contribution in [0.1, 0.15) is 5.56 Å². The molecule has 0 aliphatic heterocycles. The molecule has 2 aromatic rings. The van der Waals surface area contributed by atoms with Crippen LogP contribution in [-0.4, -0.2) is 40.6 Å². The predicted molar refractivity (Wildman–Crippen MR) is 94.9 cm³/mol. The van der Waals surface area contributed by atoms with Crippen LogP contribution in [0.2, 0.25) is 0 Å². The Morgan fingerprint density at radius 1 is 1.16 bits per heavy atom. The van der Waals surface area contributed by atoms with Crippen molar-refractivity contribution in [3.05, 3.63) is 56.7 Å². The molecule has 0 saturated heterocycles. The lowest BCUT2D eigenvalue weighted by Crippen LogP contribution is -2.37. The summed E-state index contributed by atoms with van der Waals surface area (Å²) in [6.07, 6.45) is 0. The van der Waals surface area contributed by atoms with E-state index >= 15 is 0 Å². The van der Waals surface area contributed by atoms with Crippen molar-refractivity contribution in [3.8, 4) is 5.75 Å². The van der Waals surface area contributed by atoms with Gasteiger partial charge >= 0.3 is 5.69 Å². The Labute approximate surface area is 145 Å². The number of carbonyl (C=O) groups is 1. The van der Waals surface area contributed by atoms with Crippen LogP contribution < -0.4 is 21.3 Å². The van der Waals surface area contributed by atoms with Crippen LogP contribution in [0, 0.1) is 0 Å². The molecule has 0 fully saturated rings. The van der Waals surface area contributed by atoms with Crippen molar-refractivity contribution in [3.63, 3.8) is 0 Å². The Hall–Kier alpha value is -3.03. The van der Waals surface area contributed by atoms with Gasteiger partial charge in [0.1, 0.15) is 11.6 Å². The van der Waals surface area contributed by atoms with Gasteiger partial charge in [-0.3, -0.25) is 18.7 Å². The maximum absolute atomic E-state index is 11.9. The van der Waals surface area contributed by atoms with E-state index in [-0.39, 0.29) is 18.1 Å². The molecular formula is C17H22N4O4. The molecule has 25 heavy (non-hydrogen) atoms. The minimum atomic E-state index is -0.394. The number of rotatable bonds is 6. The molecule has 1 aromatic carbocycles. The average Bonchev–Trinajstić information content (AvgIpc) is 2.60. The van der Waals surface area contributed by atoms with E-state index in [0.29, 0.717) is 18.1 Å². The van der Waals surface area contributed by atoms with Gasteiger partial charge in [0.05, 0.1) is 0 Å². The smallest absolute Gasteiger partial charge is 0.332 e. The van der Waals surface area contributed by atoms with Gasteiger partial charge in [-0.2, -0.15) is 0 Å². The van der Waals surface area contributed by atoms with Crippen LogP contribution in [0.5, 0.6) is 5.75 Å². The lowest BCUT2D eigenvalue weighted by Gasteiger charge is -2.13. The summed E-state index contributed by atoms with van der Waals surface area (Å²) in [6, 6.07) is 8.63. The van der Waals surface area contributed by atoms with Crippen molar-refractivity contribution in [2.75, 3.05) is 26.0 Å². The second-order valence-electron chi connectivity index (χ2n) is 5.85. The summed E-state index contributed by atoms with van der Waals surface area (Å²) in [6.45, 7) is 0.367. The minimum absolute atomic E-state index is 0.0346. The van der Waals surface area contributed by atoms with Crippen molar-refractivity contribution in [2.24, 2.45) is 14.1 Å². The van der Waals surface area contributed by atoms with Gasteiger partial charge < -0.3 is 15.0 Å². The van der Waals surface area contributed by atoms with Gasteiger partial charge in [0.2, 0.25) is 0 Å². The van der Waals surface area contributed by atoms with E-state index in [0.717, 1.165) is 10.1 Å². The molecule has 134 valence electrons. The number of ether oxygens (including phenoxy) is 1. The first kappa shape index (κ1) is 18.3. The van der Waals surface area contributed by atoms with E-state index in [1.54, 1.807) is 33.3 Å². The highest BCUT2D eigenvalue weighted by Gasteiger charge is 2.07. The number of hydrogen-bond acceptors (Lipinski definition) is 5. The van der Waals surface area contributed by atoms with Crippen molar-refractivity contribution in [1.29, 1.82) is 0 Å². The molecule has 8 nitrogen and oxygen atoms in total. The molecule has 0 bridgehead atoms. The largest absolute Gasteiger partial charge is 0.484 e. The van der Waals surface area contributed by atoms with Gasteiger partial charge in [0, 0.05) is 40.8 Å². The quantitative estimate of drug-likeness (QED) is 0.805. The zero-order chi connectivity index (χ0) is 18.6. The monoisotopic (exact) mass is 346 g/mol. The minimum Gasteiger partial charge on any atom is -0.484 e. The van der Waals surface area contributed by atoms with Gasteiger partial charge in [0.25, 0.3) is 11.5 Å². The third kappa shape index (κ3) is 4.50. The second-order valence-corrected chi connectivity index (χ2v) is 5.85. The Bertz CT molecular complexity index is 883. The summed E-state index contributed by atoms with van der Waals surface area (Å²) < 4.78 is 7.89. The van der Waals surface area contributed by atoms with E-state index in [9.17, 15) is 14.4 Å². The third-order valence-electron chi connectivity index (χ3n) is 3.76. The highest BCUT2D eigenvalue weighted by atomic mass is 16.5. The Balaban J connectivity index is 2.07. The van der Waals surface area contributed by atoms with Crippen LogP contribution in [0.3, 0.4) is 0 Å². The highest BCUT2D eigenvalue weighted by molar-refractivity contribution is 5.77. The van der Waals surface area contributed by atoms with Gasteiger partial charge in [-0.05, 0) is 17.7 Å². The molecule has 0 spiro atoms. The topological polar surface area (TPSA) is 85.6 Å². The fraction of sp³-hybridized carbons (Fsp3) is 0.353. The van der Waals surface area contributed by atoms with Crippen LogP contribution in [0.15, 0.2) is 39.9 Å². The summed E-state index contributed by atoms with van der Waals surface area (Å²) in [5, 5.41) is 3.07. The average molecular weight is 346 g/mol. The molecule has 1 N–H and O–H groups in total. The van der Waals surface area contributed by atoms with Crippen LogP contribution >= 0.6 is 0 Å². The maximum atomic E-state index is 11.9. The number of nitrogens with one attached hydrogen (secondary N) is 1. The summed E-state index contributed by atoms with van der Waals surface area (Å²) in [5.74, 6) is 0.883. The van der Waals surface area contributed by atoms with Crippen molar-refractivity contribution in [1.82, 2.24) is 14.0 Å². The first-order valence-corrected chi connectivity index (χ1v) is 7.72. The van der Waals surface area contributed by atoms with E-state index in [1.807, 2.05) is 12.1 Å². The zero-order valence-electron chi connectivity index (χ0n) is 14.8. The molecule has 2 rings (SSSR count). The number of amides is 1. The number of hydrogen-bond donors (Lipinski definition) is 1. The molecule has 0 aliphatic carbocycles. The summed E-state index contributed by atoms with van der Waals surface area (Å²) in [4.78, 5) is 36.7. The Kier molecular flexibility index (Phi) is 5.63. The molecular weight excluding hydrogens is 324 g/mol. The first-order valence-electron chi connectivity index (χ1n) is 7.72. The van der Waals surface area contributed by atoms with Gasteiger partial charge in [-0.1, -0.05) is 12.1 Å². The van der Waals surface area contributed by atoms with E-state index < -0.39 is 5.69 Å². The van der Waals surface area contributed by atoms with Crippen LogP contribution in [0.25, 0.3) is 0 Å². The lowest BCUT2D eigenvalue weighted by molar-refractivity contribution is -0.130. The van der Waals surface area contributed by atoms with Gasteiger partial charge in [-0.15, -0.1) is 0 Å². The molecule has 1 amide bonds. The predicted octanol–water partition coefficient (Wildman–Crippen LogP) is 0.163. The highest BCUT2D eigenvalue weighted by Crippen LogP contribution is 2.14. The van der Waals surface area contributed by atoms with Crippen molar-refractivity contribution in [2.45, 2.75) is 6.54 Å². The number of benzene rings is 1. The summed E-state index contributed by atoms with van der Waals surface area (Å²) in [7, 11) is 6.36. The molecule has 0 saturated carbocycles. The molecule has 8 heteroatoms. The van der Waals surface area contributed by atoms with Gasteiger partial charge in [0.15, 0.2) is 6.61 Å². The third-order valence-corrected chi connectivity index (χ3v) is 3.76. The van der Waals surface area contributed by atoms with Crippen molar-refractivity contribution < 1.29 is 9.53 Å². The first-order chi connectivity index (χ1) is 11.8. The summed E-state index contributed by atoms with van der Waals surface area (Å²) in [5.41, 5.74) is 0.127. The van der Waals surface area contributed by atoms with Crippen LogP contribution in [-0.2, 0) is 25.4 Å². The van der Waals surface area contributed by atoms with Crippen LogP contribution in [0.4, 0.5) is 5.82 Å². The SMILES string of the molecule is CN(C)C(=O)COc1cccc(CNc2cc(=O)n(C)c(=O)n2C)c1. The Morgan fingerprint density at radius 2 is 1.88 bits per heavy atom. The molecule has 0 unspecified atom stereocenters. The van der Waals surface area contributed by atoms with E-state index in [1.165, 1.54) is 22.6 Å². The maximum Gasteiger partial charge on any atom is 0.332 e. The molecule has 0 aliphatic rings. The van der Waals surface area contributed by atoms with E-state index in [4.69, 9.17) is 4.74 Å². The number of carbonyl (C=O) groups excluding carboxylic acids is 1. The number of nitrogens with zero attached hydrogens (tertiary/aromatic N) is 3. The molecule has 1 heterocycles. The standard InChI is InChI=1S/C17H22N4O4/c1-19(2)16(23)11-25-13-7-5-6-12(8-13)10-18-14-9-15(22)21(4)17(24)20(14)3/h5-9,18H,10-11H2,1-4H3. The number of anilines is 1. The Morgan fingerprint density at radius 3 is 2.56 bits per heavy atom. The van der Waals surface area contributed by atoms with E-state index in [2.05, 4.69) is 5.32 Å². The summed E-state index contributed by atoms with van der Waals surface area (Å²) >= 11 is 0. The second kappa shape index (κ2) is 7.69. The zero-order valence-corrected chi connectivity index (χ0v) is 14.8.